The largest absolute Gasteiger partial charge is 0.416 e. The molecule has 1 aromatic carbocycles. The highest BCUT2D eigenvalue weighted by molar-refractivity contribution is 5.89. The average molecular weight is 343 g/mol. The van der Waals surface area contributed by atoms with Gasteiger partial charge in [0.15, 0.2) is 0 Å². The molecule has 1 fully saturated rings. The molecule has 0 bridgehead atoms. The standard InChI is InChI=1S/C16H20F3N3O2/c1-8-6-11(16(17,18)19)4-5-12(8)9(2)20-15(24)13-7-14(23)22-10(3)21-13/h4-6,9-10,13,21H,7H2,1-3H3,(H,20,24)(H,22,23). The van der Waals surface area contributed by atoms with Crippen molar-refractivity contribution in [1.82, 2.24) is 16.0 Å². The number of rotatable bonds is 3. The number of nitrogens with one attached hydrogen (secondary N) is 3. The molecule has 3 atom stereocenters. The zero-order valence-electron chi connectivity index (χ0n) is 13.6. The summed E-state index contributed by atoms with van der Waals surface area (Å²) in [7, 11) is 0. The minimum atomic E-state index is -4.40. The first-order valence-corrected chi connectivity index (χ1v) is 7.61. The topological polar surface area (TPSA) is 70.2 Å². The maximum absolute atomic E-state index is 12.7. The lowest BCUT2D eigenvalue weighted by molar-refractivity contribution is -0.137. The molecule has 3 N–H and O–H groups in total. The fourth-order valence-electron chi connectivity index (χ4n) is 2.79. The summed E-state index contributed by atoms with van der Waals surface area (Å²) < 4.78 is 38.1. The fourth-order valence-corrected chi connectivity index (χ4v) is 2.79. The summed E-state index contributed by atoms with van der Waals surface area (Å²) in [6.07, 6.45) is -4.69. The lowest BCUT2D eigenvalue weighted by Crippen LogP contribution is -2.59. The summed E-state index contributed by atoms with van der Waals surface area (Å²) in [5.41, 5.74) is 0.326. The number of hydrogen-bond acceptors (Lipinski definition) is 3. The fraction of sp³-hybridized carbons (Fsp3) is 0.500. The molecule has 0 radical (unpaired) electrons. The van der Waals surface area contributed by atoms with E-state index in [2.05, 4.69) is 16.0 Å². The molecule has 24 heavy (non-hydrogen) atoms. The molecular formula is C16H20F3N3O2. The molecule has 5 nitrogen and oxygen atoms in total. The summed E-state index contributed by atoms with van der Waals surface area (Å²) in [5, 5.41) is 8.34. The molecule has 0 spiro atoms. The van der Waals surface area contributed by atoms with Crippen LogP contribution in [-0.4, -0.2) is 24.0 Å². The third-order valence-electron chi connectivity index (χ3n) is 3.96. The van der Waals surface area contributed by atoms with Gasteiger partial charge in [-0.1, -0.05) is 6.07 Å². The number of aryl methyl sites for hydroxylation is 1. The smallest absolute Gasteiger partial charge is 0.348 e. The lowest BCUT2D eigenvalue weighted by Gasteiger charge is -2.29. The van der Waals surface area contributed by atoms with Crippen LogP contribution in [0, 0.1) is 6.92 Å². The molecule has 2 amide bonds. The van der Waals surface area contributed by atoms with Crippen LogP contribution in [0.15, 0.2) is 18.2 Å². The lowest BCUT2D eigenvalue weighted by atomic mass is 9.99. The third kappa shape index (κ3) is 4.25. The first kappa shape index (κ1) is 18.3. The number of carbonyl (C=O) groups is 2. The number of alkyl halides is 3. The van der Waals surface area contributed by atoms with E-state index in [4.69, 9.17) is 0 Å². The van der Waals surface area contributed by atoms with Crippen molar-refractivity contribution >= 4 is 11.8 Å². The highest BCUT2D eigenvalue weighted by Crippen LogP contribution is 2.31. The predicted octanol–water partition coefficient (Wildman–Crippen LogP) is 2.02. The van der Waals surface area contributed by atoms with E-state index in [1.165, 1.54) is 6.07 Å². The van der Waals surface area contributed by atoms with Crippen molar-refractivity contribution in [2.75, 3.05) is 0 Å². The van der Waals surface area contributed by atoms with E-state index >= 15 is 0 Å². The number of carbonyl (C=O) groups excluding carboxylic acids is 2. The Bertz CT molecular complexity index is 646. The number of amides is 2. The molecule has 0 aliphatic carbocycles. The van der Waals surface area contributed by atoms with E-state index < -0.39 is 23.8 Å². The second-order valence-electron chi connectivity index (χ2n) is 6.01. The molecule has 0 saturated carbocycles. The Labute approximate surface area is 138 Å². The first-order valence-electron chi connectivity index (χ1n) is 7.61. The van der Waals surface area contributed by atoms with Gasteiger partial charge in [-0.15, -0.1) is 0 Å². The van der Waals surface area contributed by atoms with Crippen LogP contribution >= 0.6 is 0 Å². The van der Waals surface area contributed by atoms with Gasteiger partial charge in [-0.25, -0.2) is 0 Å². The van der Waals surface area contributed by atoms with Crippen LogP contribution in [0.2, 0.25) is 0 Å². The summed E-state index contributed by atoms with van der Waals surface area (Å²) in [5.74, 6) is -0.580. The van der Waals surface area contributed by atoms with Gasteiger partial charge in [0.1, 0.15) is 0 Å². The van der Waals surface area contributed by atoms with Gasteiger partial charge in [-0.3, -0.25) is 14.9 Å². The average Bonchev–Trinajstić information content (AvgIpc) is 2.44. The molecule has 3 unspecified atom stereocenters. The van der Waals surface area contributed by atoms with Crippen molar-refractivity contribution in [1.29, 1.82) is 0 Å². The van der Waals surface area contributed by atoms with Gasteiger partial charge in [-0.2, -0.15) is 13.2 Å². The van der Waals surface area contributed by atoms with Gasteiger partial charge >= 0.3 is 6.18 Å². The highest BCUT2D eigenvalue weighted by Gasteiger charge is 2.32. The van der Waals surface area contributed by atoms with E-state index in [0.29, 0.717) is 11.1 Å². The minimum Gasteiger partial charge on any atom is -0.348 e. The zero-order chi connectivity index (χ0) is 18.1. The molecule has 1 aliphatic rings. The van der Waals surface area contributed by atoms with Crippen LogP contribution in [0.1, 0.15) is 43.0 Å². The maximum atomic E-state index is 12.7. The normalized spacial score (nSPS) is 22.7. The first-order chi connectivity index (χ1) is 11.1. The van der Waals surface area contributed by atoms with Crippen LogP contribution in [0.5, 0.6) is 0 Å². The van der Waals surface area contributed by atoms with Crippen LogP contribution in [-0.2, 0) is 15.8 Å². The van der Waals surface area contributed by atoms with Gasteiger partial charge in [0.25, 0.3) is 0 Å². The molecule has 1 aromatic rings. The SMILES string of the molecule is Cc1cc(C(F)(F)F)ccc1C(C)NC(=O)C1CC(=O)NC(C)N1. The molecule has 2 rings (SSSR count). The number of benzene rings is 1. The summed E-state index contributed by atoms with van der Waals surface area (Å²) >= 11 is 0. The number of hydrogen-bond donors (Lipinski definition) is 3. The Balaban J connectivity index is 2.08. The molecule has 1 aliphatic heterocycles. The van der Waals surface area contributed by atoms with E-state index in [9.17, 15) is 22.8 Å². The maximum Gasteiger partial charge on any atom is 0.416 e. The van der Waals surface area contributed by atoms with E-state index in [-0.39, 0.29) is 24.4 Å². The minimum absolute atomic E-state index is 0.0227. The van der Waals surface area contributed by atoms with Crippen molar-refractivity contribution in [3.63, 3.8) is 0 Å². The van der Waals surface area contributed by atoms with E-state index in [1.807, 2.05) is 0 Å². The second-order valence-corrected chi connectivity index (χ2v) is 6.01. The molecule has 1 saturated heterocycles. The molecule has 1 heterocycles. The van der Waals surface area contributed by atoms with Crippen LogP contribution < -0.4 is 16.0 Å². The van der Waals surface area contributed by atoms with Crippen LogP contribution in [0.4, 0.5) is 13.2 Å². The van der Waals surface area contributed by atoms with Crippen molar-refractivity contribution in [3.8, 4) is 0 Å². The van der Waals surface area contributed by atoms with Crippen molar-refractivity contribution in [2.24, 2.45) is 0 Å². The second kappa shape index (κ2) is 6.80. The van der Waals surface area contributed by atoms with Crippen molar-refractivity contribution < 1.29 is 22.8 Å². The Morgan fingerprint density at radius 3 is 2.58 bits per heavy atom. The van der Waals surface area contributed by atoms with E-state index in [0.717, 1.165) is 12.1 Å². The quantitative estimate of drug-likeness (QED) is 0.786. The molecular weight excluding hydrogens is 323 g/mol. The van der Waals surface area contributed by atoms with Gasteiger partial charge in [0.05, 0.1) is 30.2 Å². The Hall–Kier alpha value is -2.09. The Kier molecular flexibility index (Phi) is 5.17. The van der Waals surface area contributed by atoms with Crippen LogP contribution in [0.3, 0.4) is 0 Å². The summed E-state index contributed by atoms with van der Waals surface area (Å²) in [6, 6.07) is 2.30. The molecule has 8 heteroatoms. The molecule has 132 valence electrons. The van der Waals surface area contributed by atoms with Crippen molar-refractivity contribution in [3.05, 3.63) is 34.9 Å². The Morgan fingerprint density at radius 2 is 2.04 bits per heavy atom. The van der Waals surface area contributed by atoms with Crippen molar-refractivity contribution in [2.45, 2.75) is 51.6 Å². The van der Waals surface area contributed by atoms with Crippen LogP contribution in [0.25, 0.3) is 0 Å². The summed E-state index contributed by atoms with van der Waals surface area (Å²) in [4.78, 5) is 23.8. The number of halogens is 3. The zero-order valence-corrected chi connectivity index (χ0v) is 13.6. The monoisotopic (exact) mass is 343 g/mol. The van der Waals surface area contributed by atoms with Gasteiger partial charge in [-0.05, 0) is 44.0 Å². The van der Waals surface area contributed by atoms with E-state index in [1.54, 1.807) is 20.8 Å². The predicted molar refractivity (Wildman–Crippen MR) is 81.9 cm³/mol. The van der Waals surface area contributed by atoms with Gasteiger partial charge in [0, 0.05) is 0 Å². The molecule has 0 aromatic heterocycles. The third-order valence-corrected chi connectivity index (χ3v) is 3.96. The van der Waals surface area contributed by atoms with Gasteiger partial charge < -0.3 is 10.6 Å². The summed E-state index contributed by atoms with van der Waals surface area (Å²) in [6.45, 7) is 4.99. The Morgan fingerprint density at radius 1 is 1.38 bits per heavy atom. The van der Waals surface area contributed by atoms with Gasteiger partial charge in [0.2, 0.25) is 11.8 Å². The highest BCUT2D eigenvalue weighted by atomic mass is 19.4.